The van der Waals surface area contributed by atoms with Crippen LogP contribution in [0.25, 0.3) is 11.1 Å². The molecule has 0 saturated heterocycles. The van der Waals surface area contributed by atoms with Gasteiger partial charge in [-0.05, 0) is 54.1 Å². The van der Waals surface area contributed by atoms with E-state index >= 15 is 0 Å². The van der Waals surface area contributed by atoms with Crippen molar-refractivity contribution in [2.75, 3.05) is 37.3 Å². The summed E-state index contributed by atoms with van der Waals surface area (Å²) >= 11 is -1.67. The van der Waals surface area contributed by atoms with E-state index in [4.69, 9.17) is 9.47 Å². The second kappa shape index (κ2) is 12.8. The molecule has 3 N–H and O–H groups in total. The predicted molar refractivity (Wildman–Crippen MR) is 149 cm³/mol. The van der Waals surface area contributed by atoms with Crippen LogP contribution in [0.2, 0.25) is 0 Å². The number of halogens is 1. The van der Waals surface area contributed by atoms with Gasteiger partial charge in [-0.15, -0.1) is 0 Å². The lowest BCUT2D eigenvalue weighted by Crippen LogP contribution is -2.28. The first-order valence-corrected chi connectivity index (χ1v) is 13.0. The third-order valence-electron chi connectivity index (χ3n) is 5.69. The molecule has 1 unspecified atom stereocenters. The summed E-state index contributed by atoms with van der Waals surface area (Å²) < 4.78 is 41.1. The van der Waals surface area contributed by atoms with E-state index in [-0.39, 0.29) is 11.7 Å². The molecule has 9 heteroatoms. The van der Waals surface area contributed by atoms with Crippen LogP contribution in [0.5, 0.6) is 11.5 Å². The van der Waals surface area contributed by atoms with Gasteiger partial charge in [-0.3, -0.25) is 4.79 Å². The van der Waals surface area contributed by atoms with Crippen molar-refractivity contribution >= 4 is 28.6 Å². The minimum atomic E-state index is -1.67. The summed E-state index contributed by atoms with van der Waals surface area (Å²) in [7, 11) is 3.05. The fourth-order valence-electron chi connectivity index (χ4n) is 3.79. The molecule has 0 radical (unpaired) electrons. The highest BCUT2D eigenvalue weighted by Crippen LogP contribution is 2.32. The SMILES string of the molecule is COc1cccc(C(=O)NCCNc2cccc(N[S+]([O-])c3cc(-c4ccccc4F)ccc3OC)c2)c1. The van der Waals surface area contributed by atoms with Crippen LogP contribution in [0, 0.1) is 5.82 Å². The van der Waals surface area contributed by atoms with Gasteiger partial charge in [0.25, 0.3) is 5.91 Å². The van der Waals surface area contributed by atoms with Gasteiger partial charge in [0.1, 0.15) is 22.9 Å². The summed E-state index contributed by atoms with van der Waals surface area (Å²) in [6.07, 6.45) is 0. The first kappa shape index (κ1) is 26.8. The lowest BCUT2D eigenvalue weighted by molar-refractivity contribution is 0.0955. The zero-order chi connectivity index (χ0) is 26.9. The molecule has 0 saturated carbocycles. The molecule has 38 heavy (non-hydrogen) atoms. The monoisotopic (exact) mass is 533 g/mol. The summed E-state index contributed by atoms with van der Waals surface area (Å²) in [5.41, 5.74) is 2.94. The number of anilines is 2. The summed E-state index contributed by atoms with van der Waals surface area (Å²) in [5, 5.41) is 6.10. The Morgan fingerprint density at radius 3 is 2.45 bits per heavy atom. The third kappa shape index (κ3) is 6.76. The molecule has 1 atom stereocenters. The van der Waals surface area contributed by atoms with Gasteiger partial charge in [0.2, 0.25) is 4.90 Å². The molecule has 0 spiro atoms. The van der Waals surface area contributed by atoms with Crippen molar-refractivity contribution < 1.29 is 23.2 Å². The first-order chi connectivity index (χ1) is 18.5. The second-order valence-electron chi connectivity index (χ2n) is 8.21. The molecule has 4 aromatic rings. The maximum atomic E-state index is 14.3. The number of amides is 1. The maximum Gasteiger partial charge on any atom is 0.251 e. The molecule has 0 aliphatic rings. The number of ether oxygens (including phenoxy) is 2. The number of hydrogen-bond donors (Lipinski definition) is 3. The topological polar surface area (TPSA) is 94.7 Å². The summed E-state index contributed by atoms with van der Waals surface area (Å²) in [5.74, 6) is 0.495. The van der Waals surface area contributed by atoms with E-state index in [9.17, 15) is 13.7 Å². The van der Waals surface area contributed by atoms with E-state index in [2.05, 4.69) is 15.4 Å². The summed E-state index contributed by atoms with van der Waals surface area (Å²) in [6, 6.07) is 25.7. The van der Waals surface area contributed by atoms with Crippen LogP contribution >= 0.6 is 0 Å². The Morgan fingerprint density at radius 1 is 0.868 bits per heavy atom. The van der Waals surface area contributed by atoms with Crippen LogP contribution < -0.4 is 24.8 Å². The van der Waals surface area contributed by atoms with Gasteiger partial charge < -0.3 is 24.7 Å². The lowest BCUT2D eigenvalue weighted by Gasteiger charge is -2.16. The molecule has 4 aromatic carbocycles. The molecule has 7 nitrogen and oxygen atoms in total. The van der Waals surface area contributed by atoms with Gasteiger partial charge in [0.15, 0.2) is 5.75 Å². The van der Waals surface area contributed by atoms with Crippen molar-refractivity contribution in [1.82, 2.24) is 5.32 Å². The Bertz CT molecular complexity index is 1400. The van der Waals surface area contributed by atoms with Crippen LogP contribution in [0.4, 0.5) is 15.8 Å². The minimum Gasteiger partial charge on any atom is -0.588 e. The van der Waals surface area contributed by atoms with E-state index in [1.807, 2.05) is 18.2 Å². The van der Waals surface area contributed by atoms with Crippen LogP contribution in [0.15, 0.2) is 95.9 Å². The van der Waals surface area contributed by atoms with E-state index in [0.717, 1.165) is 5.69 Å². The lowest BCUT2D eigenvalue weighted by atomic mass is 10.1. The van der Waals surface area contributed by atoms with Crippen molar-refractivity contribution in [1.29, 1.82) is 0 Å². The van der Waals surface area contributed by atoms with Crippen molar-refractivity contribution in [3.05, 3.63) is 102 Å². The molecular weight excluding hydrogens is 505 g/mol. The molecule has 0 aliphatic carbocycles. The molecule has 0 aliphatic heterocycles. The largest absolute Gasteiger partial charge is 0.588 e. The third-order valence-corrected chi connectivity index (χ3v) is 6.83. The van der Waals surface area contributed by atoms with Crippen molar-refractivity contribution in [2.45, 2.75) is 4.90 Å². The van der Waals surface area contributed by atoms with E-state index in [1.165, 1.54) is 13.2 Å². The highest BCUT2D eigenvalue weighted by molar-refractivity contribution is 7.92. The van der Waals surface area contributed by atoms with Gasteiger partial charge in [-0.25, -0.2) is 9.11 Å². The maximum absolute atomic E-state index is 14.3. The number of methoxy groups -OCH3 is 2. The molecule has 0 fully saturated rings. The quantitative estimate of drug-likeness (QED) is 0.174. The minimum absolute atomic E-state index is 0.192. The molecule has 0 heterocycles. The Hall–Kier alpha value is -4.21. The Labute approximate surface area is 224 Å². The number of nitrogens with one attached hydrogen (secondary N) is 3. The predicted octanol–water partition coefficient (Wildman–Crippen LogP) is 5.49. The average molecular weight is 534 g/mol. The highest BCUT2D eigenvalue weighted by atomic mass is 32.2. The fourth-order valence-corrected chi connectivity index (χ4v) is 4.81. The van der Waals surface area contributed by atoms with Gasteiger partial charge in [-0.1, -0.05) is 36.4 Å². The Balaban J connectivity index is 1.37. The zero-order valence-electron chi connectivity index (χ0n) is 21.0. The number of carbonyl (C=O) groups excluding carboxylic acids is 1. The van der Waals surface area contributed by atoms with E-state index in [0.29, 0.717) is 51.9 Å². The normalized spacial score (nSPS) is 11.4. The van der Waals surface area contributed by atoms with Crippen LogP contribution in [-0.2, 0) is 11.4 Å². The second-order valence-corrected chi connectivity index (χ2v) is 9.39. The Kier molecular flexibility index (Phi) is 9.07. The van der Waals surface area contributed by atoms with Crippen LogP contribution in [0.3, 0.4) is 0 Å². The highest BCUT2D eigenvalue weighted by Gasteiger charge is 2.20. The van der Waals surface area contributed by atoms with Crippen molar-refractivity contribution in [3.63, 3.8) is 0 Å². The Morgan fingerprint density at radius 2 is 1.66 bits per heavy atom. The average Bonchev–Trinajstić information content (AvgIpc) is 2.95. The molecule has 196 valence electrons. The fraction of sp³-hybridized carbons (Fsp3) is 0.138. The van der Waals surface area contributed by atoms with Gasteiger partial charge in [-0.2, -0.15) is 0 Å². The van der Waals surface area contributed by atoms with Crippen LogP contribution in [-0.4, -0.2) is 37.8 Å². The van der Waals surface area contributed by atoms with Gasteiger partial charge >= 0.3 is 0 Å². The van der Waals surface area contributed by atoms with Crippen LogP contribution in [0.1, 0.15) is 10.4 Å². The standard InChI is InChI=1S/C29H28FN3O4S/c1-36-24-10-5-7-21(17-24)29(34)32-16-15-31-22-8-6-9-23(19-22)33-38(35)28-18-20(13-14-27(28)37-2)25-11-3-4-12-26(25)30/h3-14,17-19,31,33H,15-16H2,1-2H3,(H,32,34). The van der Waals surface area contributed by atoms with Crippen molar-refractivity contribution in [3.8, 4) is 22.6 Å². The van der Waals surface area contributed by atoms with E-state index < -0.39 is 11.4 Å². The number of benzene rings is 4. The smallest absolute Gasteiger partial charge is 0.251 e. The molecule has 1 amide bonds. The summed E-state index contributed by atoms with van der Waals surface area (Å²) in [4.78, 5) is 12.7. The molecule has 0 aromatic heterocycles. The van der Waals surface area contributed by atoms with Gasteiger partial charge in [0, 0.05) is 36.0 Å². The van der Waals surface area contributed by atoms with E-state index in [1.54, 1.807) is 73.8 Å². The number of hydrogen-bond acceptors (Lipinski definition) is 6. The van der Waals surface area contributed by atoms with Crippen molar-refractivity contribution in [2.24, 2.45) is 0 Å². The molecule has 4 rings (SSSR count). The molecule has 0 bridgehead atoms. The first-order valence-electron chi connectivity index (χ1n) is 11.9. The number of carbonyl (C=O) groups is 1. The number of rotatable bonds is 11. The molecular formula is C29H28FN3O4S. The van der Waals surface area contributed by atoms with Gasteiger partial charge in [0.05, 0.1) is 19.9 Å². The summed E-state index contributed by atoms with van der Waals surface area (Å²) in [6.45, 7) is 0.889. The zero-order valence-corrected chi connectivity index (χ0v) is 21.8.